The molecule has 1 aromatic carbocycles. The Morgan fingerprint density at radius 1 is 1.35 bits per heavy atom. The number of furan rings is 1. The molecule has 1 aromatic heterocycles. The van der Waals surface area contributed by atoms with Crippen LogP contribution in [0.1, 0.15) is 5.76 Å². The van der Waals surface area contributed by atoms with Crippen molar-refractivity contribution in [2.45, 2.75) is 11.4 Å². The predicted octanol–water partition coefficient (Wildman–Crippen LogP) is 3.72. The van der Waals surface area contributed by atoms with Gasteiger partial charge in [-0.25, -0.2) is 8.42 Å². The molecule has 0 atom stereocenters. The van der Waals surface area contributed by atoms with Gasteiger partial charge in [0.05, 0.1) is 21.7 Å². The third kappa shape index (κ3) is 3.20. The van der Waals surface area contributed by atoms with E-state index in [1.165, 1.54) is 6.07 Å². The summed E-state index contributed by atoms with van der Waals surface area (Å²) >= 11 is 12.2. The molecule has 0 unspecified atom stereocenters. The van der Waals surface area contributed by atoms with Crippen molar-refractivity contribution in [3.63, 3.8) is 0 Å². The Labute approximate surface area is 137 Å². The van der Waals surface area contributed by atoms with Gasteiger partial charge in [-0.05, 0) is 44.0 Å². The second kappa shape index (κ2) is 6.07. The lowest BCUT2D eigenvalue weighted by atomic mass is 10.3. The Kier molecular flexibility index (Phi) is 4.80. The highest BCUT2D eigenvalue weighted by atomic mass is 79.9. The monoisotopic (exact) mass is 442 g/mol. The highest BCUT2D eigenvalue weighted by Gasteiger charge is 2.23. The highest BCUT2D eigenvalue weighted by molar-refractivity contribution is 9.10. The van der Waals surface area contributed by atoms with Gasteiger partial charge in [-0.1, -0.05) is 17.7 Å². The van der Waals surface area contributed by atoms with E-state index >= 15 is 0 Å². The van der Waals surface area contributed by atoms with Crippen LogP contribution in [0, 0.1) is 0 Å². The second-order valence-electron chi connectivity index (χ2n) is 3.76. The molecule has 0 spiro atoms. The predicted molar refractivity (Wildman–Crippen MR) is 84.3 cm³/mol. The fourth-order valence-electron chi connectivity index (χ4n) is 1.46. The molecule has 0 saturated heterocycles. The molecule has 0 fully saturated rings. The fourth-order valence-corrected chi connectivity index (χ4v) is 4.20. The number of sulfonamides is 1. The van der Waals surface area contributed by atoms with Crippen LogP contribution in [0.3, 0.4) is 0 Å². The average molecular weight is 445 g/mol. The van der Waals surface area contributed by atoms with Gasteiger partial charge < -0.3 is 10.2 Å². The smallest absolute Gasteiger partial charge is 0.266 e. The van der Waals surface area contributed by atoms with E-state index in [0.717, 1.165) is 0 Å². The van der Waals surface area contributed by atoms with Gasteiger partial charge in [0.2, 0.25) is 0 Å². The van der Waals surface area contributed by atoms with E-state index in [4.69, 9.17) is 21.8 Å². The van der Waals surface area contributed by atoms with Crippen molar-refractivity contribution in [3.05, 3.63) is 44.2 Å². The number of nitrogens with one attached hydrogen (secondary N) is 1. The van der Waals surface area contributed by atoms with Gasteiger partial charge in [0.25, 0.3) is 10.0 Å². The summed E-state index contributed by atoms with van der Waals surface area (Å²) in [6, 6.07) is 6.24. The summed E-state index contributed by atoms with van der Waals surface area (Å²) in [5, 5.41) is 0.402. The largest absolute Gasteiger partial charge is 0.452 e. The van der Waals surface area contributed by atoms with Crippen LogP contribution >= 0.6 is 43.5 Å². The summed E-state index contributed by atoms with van der Waals surface area (Å²) in [6.07, 6.45) is 0. The van der Waals surface area contributed by atoms with Gasteiger partial charge in [0, 0.05) is 6.07 Å². The molecule has 5 nitrogen and oxygen atoms in total. The minimum Gasteiger partial charge on any atom is -0.452 e. The third-order valence-electron chi connectivity index (χ3n) is 2.39. The first-order valence-corrected chi connectivity index (χ1v) is 8.75. The highest BCUT2D eigenvalue weighted by Crippen LogP contribution is 2.33. The zero-order valence-electron chi connectivity index (χ0n) is 9.86. The van der Waals surface area contributed by atoms with Crippen molar-refractivity contribution < 1.29 is 12.8 Å². The van der Waals surface area contributed by atoms with E-state index in [1.807, 2.05) is 0 Å². The van der Waals surface area contributed by atoms with Crippen LogP contribution < -0.4 is 10.5 Å². The third-order valence-corrected chi connectivity index (χ3v) is 6.01. The lowest BCUT2D eigenvalue weighted by Gasteiger charge is -2.09. The normalized spacial score (nSPS) is 11.6. The van der Waals surface area contributed by atoms with Crippen LogP contribution in [0.25, 0.3) is 0 Å². The van der Waals surface area contributed by atoms with Crippen molar-refractivity contribution in [2.75, 3.05) is 4.72 Å². The summed E-state index contributed by atoms with van der Waals surface area (Å²) in [4.78, 5) is -0.0233. The molecule has 9 heteroatoms. The Morgan fingerprint density at radius 2 is 2.05 bits per heavy atom. The van der Waals surface area contributed by atoms with Crippen LogP contribution in [-0.2, 0) is 16.6 Å². The molecule has 0 aliphatic carbocycles. The van der Waals surface area contributed by atoms with Gasteiger partial charge in [-0.3, -0.25) is 4.72 Å². The SMILES string of the molecule is NCc1cc(S(=O)(=O)Nc2cccc(Cl)c2Br)c(Br)o1. The molecule has 3 N–H and O–H groups in total. The van der Waals surface area contributed by atoms with E-state index in [-0.39, 0.29) is 16.1 Å². The summed E-state index contributed by atoms with van der Waals surface area (Å²) in [5.41, 5.74) is 5.75. The molecule has 0 aliphatic rings. The maximum absolute atomic E-state index is 12.3. The quantitative estimate of drug-likeness (QED) is 0.753. The summed E-state index contributed by atoms with van der Waals surface area (Å²) in [6.45, 7) is 0.106. The summed E-state index contributed by atoms with van der Waals surface area (Å²) in [7, 11) is -3.81. The Morgan fingerprint density at radius 3 is 2.65 bits per heavy atom. The number of halogens is 3. The minimum atomic E-state index is -3.81. The van der Waals surface area contributed by atoms with Crippen LogP contribution in [0.5, 0.6) is 0 Å². The number of rotatable bonds is 4. The van der Waals surface area contributed by atoms with Crippen molar-refractivity contribution in [3.8, 4) is 0 Å². The molecule has 108 valence electrons. The Hall–Kier alpha value is -0.540. The second-order valence-corrected chi connectivity index (χ2v) is 7.33. The molecule has 2 aromatic rings. The first-order chi connectivity index (χ1) is 9.35. The molecule has 20 heavy (non-hydrogen) atoms. The van der Waals surface area contributed by atoms with Crippen molar-refractivity contribution in [1.82, 2.24) is 0 Å². The number of anilines is 1. The van der Waals surface area contributed by atoms with Crippen LogP contribution in [0.15, 0.2) is 42.7 Å². The number of benzene rings is 1. The number of nitrogens with two attached hydrogens (primary N) is 1. The van der Waals surface area contributed by atoms with Gasteiger partial charge in [0.1, 0.15) is 10.7 Å². The zero-order valence-corrected chi connectivity index (χ0v) is 14.6. The van der Waals surface area contributed by atoms with E-state index in [2.05, 4.69) is 36.6 Å². The maximum Gasteiger partial charge on any atom is 0.266 e. The zero-order chi connectivity index (χ0) is 14.9. The Bertz CT molecular complexity index is 746. The summed E-state index contributed by atoms with van der Waals surface area (Å²) in [5.74, 6) is 0.363. The van der Waals surface area contributed by atoms with Crippen LogP contribution in [-0.4, -0.2) is 8.42 Å². The Balaban J connectivity index is 2.40. The van der Waals surface area contributed by atoms with Gasteiger partial charge in [-0.15, -0.1) is 0 Å². The molecule has 0 radical (unpaired) electrons. The standard InChI is InChI=1S/C11H9Br2ClN2O3S/c12-10-7(14)2-1-3-8(10)16-20(17,18)9-4-6(5-15)19-11(9)13/h1-4,16H,5,15H2. The lowest BCUT2D eigenvalue weighted by Crippen LogP contribution is -2.13. The van der Waals surface area contributed by atoms with E-state index in [9.17, 15) is 8.42 Å². The van der Waals surface area contributed by atoms with Gasteiger partial charge in [0.15, 0.2) is 4.67 Å². The fraction of sp³-hybridized carbons (Fsp3) is 0.0909. The van der Waals surface area contributed by atoms with E-state index in [0.29, 0.717) is 20.9 Å². The number of hydrogen-bond donors (Lipinski definition) is 2. The van der Waals surface area contributed by atoms with Crippen molar-refractivity contribution >= 4 is 59.2 Å². The first kappa shape index (κ1) is 15.8. The minimum absolute atomic E-state index is 0.0233. The molecular weight excluding hydrogens is 435 g/mol. The number of hydrogen-bond acceptors (Lipinski definition) is 4. The molecule has 0 saturated carbocycles. The van der Waals surface area contributed by atoms with Crippen molar-refractivity contribution in [2.24, 2.45) is 5.73 Å². The molecule has 0 bridgehead atoms. The molecular formula is C11H9Br2ClN2O3S. The molecule has 1 heterocycles. The molecule has 0 aliphatic heterocycles. The summed E-state index contributed by atoms with van der Waals surface area (Å²) < 4.78 is 32.8. The van der Waals surface area contributed by atoms with E-state index < -0.39 is 10.0 Å². The van der Waals surface area contributed by atoms with Crippen molar-refractivity contribution in [1.29, 1.82) is 0 Å². The maximum atomic E-state index is 12.3. The molecule has 2 rings (SSSR count). The van der Waals surface area contributed by atoms with Gasteiger partial charge >= 0.3 is 0 Å². The average Bonchev–Trinajstić information content (AvgIpc) is 2.77. The van der Waals surface area contributed by atoms with E-state index in [1.54, 1.807) is 18.2 Å². The lowest BCUT2D eigenvalue weighted by molar-refractivity contribution is 0.484. The van der Waals surface area contributed by atoms with Crippen LogP contribution in [0.4, 0.5) is 5.69 Å². The van der Waals surface area contributed by atoms with Gasteiger partial charge in [-0.2, -0.15) is 0 Å². The topological polar surface area (TPSA) is 85.3 Å². The molecule has 0 amide bonds. The first-order valence-electron chi connectivity index (χ1n) is 5.30. The van der Waals surface area contributed by atoms with Crippen LogP contribution in [0.2, 0.25) is 5.02 Å².